The lowest BCUT2D eigenvalue weighted by Gasteiger charge is -2.07. The fraction of sp³-hybridized carbons (Fsp3) is 0.0968. The lowest BCUT2D eigenvalue weighted by molar-refractivity contribution is 0.102. The summed E-state index contributed by atoms with van der Waals surface area (Å²) in [6.45, 7) is 3.05. The Balaban J connectivity index is 1.19. The van der Waals surface area contributed by atoms with Crippen LogP contribution in [0.3, 0.4) is 0 Å². The van der Waals surface area contributed by atoms with Gasteiger partial charge in [0.25, 0.3) is 0 Å². The third-order valence-corrected chi connectivity index (χ3v) is 8.06. The maximum atomic E-state index is 11.8. The Morgan fingerprint density at radius 3 is 2.56 bits per heavy atom. The predicted molar refractivity (Wildman–Crippen MR) is 160 cm³/mol. The number of pyridine rings is 3. The highest BCUT2D eigenvalue weighted by molar-refractivity contribution is 7.17. The maximum Gasteiger partial charge on any atom is 0.169 e. The first kappa shape index (κ1) is 24.9. The lowest BCUT2D eigenvalue weighted by atomic mass is 10.1. The Morgan fingerprint density at radius 2 is 1.71 bits per heavy atom. The van der Waals surface area contributed by atoms with Crippen molar-refractivity contribution >= 4 is 39.2 Å². The third-order valence-electron chi connectivity index (χ3n) is 6.84. The summed E-state index contributed by atoms with van der Waals surface area (Å²) in [6.07, 6.45) is 7.21. The largest absolute Gasteiger partial charge is 0.335 e. The number of rotatable bonds is 8. The normalized spacial score (nSPS) is 11.4. The minimum absolute atomic E-state index is 0.0400. The Bertz CT molecular complexity index is 2020. The molecule has 0 amide bonds. The second-order valence-corrected chi connectivity index (χ2v) is 10.8. The SMILES string of the molecule is CC(=O)c1ccc(-c2cncc3[nH]c(-c4n[nH]c5ccc(-c6cncc(CNCc7ccccc7)c6)nc45)nc23)s1. The van der Waals surface area contributed by atoms with Gasteiger partial charge in [-0.25, -0.2) is 9.97 Å². The summed E-state index contributed by atoms with van der Waals surface area (Å²) in [6, 6.07) is 20.1. The number of nitrogens with one attached hydrogen (secondary N) is 3. The van der Waals surface area contributed by atoms with E-state index in [1.807, 2.05) is 54.9 Å². The van der Waals surface area contributed by atoms with Crippen molar-refractivity contribution in [3.63, 3.8) is 0 Å². The molecule has 0 unspecified atom stereocenters. The van der Waals surface area contributed by atoms with Crippen LogP contribution >= 0.6 is 11.3 Å². The summed E-state index contributed by atoms with van der Waals surface area (Å²) >= 11 is 1.43. The molecule has 0 radical (unpaired) electrons. The number of H-pyrrole nitrogens is 2. The molecular formula is C31H24N8OS. The van der Waals surface area contributed by atoms with Crippen LogP contribution in [0.5, 0.6) is 0 Å². The van der Waals surface area contributed by atoms with Gasteiger partial charge in [0, 0.05) is 47.7 Å². The van der Waals surface area contributed by atoms with Crippen LogP contribution < -0.4 is 5.32 Å². The van der Waals surface area contributed by atoms with Gasteiger partial charge in [-0.15, -0.1) is 11.3 Å². The molecule has 10 heteroatoms. The van der Waals surface area contributed by atoms with E-state index < -0.39 is 0 Å². The maximum absolute atomic E-state index is 11.8. The van der Waals surface area contributed by atoms with Gasteiger partial charge in [0.05, 0.1) is 27.8 Å². The van der Waals surface area contributed by atoms with E-state index in [1.54, 1.807) is 19.3 Å². The minimum atomic E-state index is 0.0400. The summed E-state index contributed by atoms with van der Waals surface area (Å²) in [5.41, 5.74) is 8.57. The van der Waals surface area contributed by atoms with E-state index in [0.29, 0.717) is 28.5 Å². The quantitative estimate of drug-likeness (QED) is 0.191. The van der Waals surface area contributed by atoms with Crippen molar-refractivity contribution < 1.29 is 4.79 Å². The molecule has 41 heavy (non-hydrogen) atoms. The third kappa shape index (κ3) is 4.90. The van der Waals surface area contributed by atoms with Gasteiger partial charge in [0.15, 0.2) is 17.3 Å². The highest BCUT2D eigenvalue weighted by Gasteiger charge is 2.18. The number of benzene rings is 1. The van der Waals surface area contributed by atoms with Crippen LogP contribution in [0.15, 0.2) is 85.5 Å². The molecule has 1 aromatic carbocycles. The second-order valence-electron chi connectivity index (χ2n) is 9.72. The number of carbonyl (C=O) groups is 1. The molecule has 0 aliphatic carbocycles. The lowest BCUT2D eigenvalue weighted by Crippen LogP contribution is -2.12. The number of aromatic nitrogens is 7. The molecule has 0 saturated carbocycles. The van der Waals surface area contributed by atoms with Gasteiger partial charge >= 0.3 is 0 Å². The molecule has 0 bridgehead atoms. The molecule has 9 nitrogen and oxygen atoms in total. The Hall–Kier alpha value is -5.06. The summed E-state index contributed by atoms with van der Waals surface area (Å²) in [5.74, 6) is 0.628. The van der Waals surface area contributed by atoms with E-state index in [0.717, 1.165) is 50.4 Å². The zero-order chi connectivity index (χ0) is 27.8. The number of carbonyl (C=O) groups excluding carboxylic acids is 1. The number of hydrogen-bond donors (Lipinski definition) is 3. The van der Waals surface area contributed by atoms with Gasteiger partial charge in [-0.2, -0.15) is 5.10 Å². The van der Waals surface area contributed by atoms with Crippen molar-refractivity contribution in [2.24, 2.45) is 0 Å². The highest BCUT2D eigenvalue weighted by atomic mass is 32.1. The molecule has 0 saturated heterocycles. The zero-order valence-corrected chi connectivity index (χ0v) is 22.9. The zero-order valence-electron chi connectivity index (χ0n) is 22.0. The Labute approximate surface area is 238 Å². The molecule has 200 valence electrons. The standard InChI is InChI=1S/C31H24N8OS/c1-18(40)26-9-10-27(41-26)22-16-34-17-25-28(22)37-31(36-25)30-29-24(38-39-30)8-7-23(35-29)21-11-20(14-33-15-21)13-32-12-19-5-3-2-4-6-19/h2-11,14-17,32H,12-13H2,1H3,(H,36,37)(H,38,39). The molecule has 7 aromatic rings. The average Bonchev–Trinajstić information content (AvgIpc) is 3.76. The topological polar surface area (TPSA) is 125 Å². The average molecular weight is 557 g/mol. The van der Waals surface area contributed by atoms with Gasteiger partial charge in [-0.1, -0.05) is 30.3 Å². The molecule has 6 heterocycles. The monoisotopic (exact) mass is 556 g/mol. The smallest absolute Gasteiger partial charge is 0.169 e. The molecule has 0 aliphatic heterocycles. The summed E-state index contributed by atoms with van der Waals surface area (Å²) in [4.78, 5) is 35.5. The number of hydrogen-bond acceptors (Lipinski definition) is 8. The first-order valence-electron chi connectivity index (χ1n) is 13.1. The van der Waals surface area contributed by atoms with Crippen molar-refractivity contribution in [3.8, 4) is 33.2 Å². The number of imidazole rings is 1. The number of Topliss-reactive ketones (excluding diaryl/α,β-unsaturated/α-hetero) is 1. The van der Waals surface area contributed by atoms with Crippen LogP contribution in [0, 0.1) is 0 Å². The molecule has 0 atom stereocenters. The van der Waals surface area contributed by atoms with E-state index in [4.69, 9.17) is 9.97 Å². The van der Waals surface area contributed by atoms with Crippen molar-refractivity contribution in [1.29, 1.82) is 0 Å². The molecule has 3 N–H and O–H groups in total. The van der Waals surface area contributed by atoms with Crippen LogP contribution in [-0.2, 0) is 13.1 Å². The number of nitrogens with zero attached hydrogens (tertiary/aromatic N) is 5. The van der Waals surface area contributed by atoms with E-state index >= 15 is 0 Å². The first-order chi connectivity index (χ1) is 20.1. The predicted octanol–water partition coefficient (Wildman–Crippen LogP) is 6.18. The summed E-state index contributed by atoms with van der Waals surface area (Å²) in [5, 5.41) is 11.1. The fourth-order valence-electron chi connectivity index (χ4n) is 4.79. The molecule has 6 aromatic heterocycles. The van der Waals surface area contributed by atoms with Gasteiger partial charge in [0.2, 0.25) is 0 Å². The molecule has 0 fully saturated rings. The number of thiophene rings is 1. The van der Waals surface area contributed by atoms with Crippen molar-refractivity contribution in [2.45, 2.75) is 20.0 Å². The van der Waals surface area contributed by atoms with Crippen molar-refractivity contribution in [1.82, 2.24) is 40.4 Å². The minimum Gasteiger partial charge on any atom is -0.335 e. The first-order valence-corrected chi connectivity index (χ1v) is 13.9. The molecule has 0 spiro atoms. The Kier molecular flexibility index (Phi) is 6.38. The fourth-order valence-corrected chi connectivity index (χ4v) is 5.71. The summed E-state index contributed by atoms with van der Waals surface area (Å²) in [7, 11) is 0. The Morgan fingerprint density at radius 1 is 0.854 bits per heavy atom. The summed E-state index contributed by atoms with van der Waals surface area (Å²) < 4.78 is 0. The van der Waals surface area contributed by atoms with E-state index in [9.17, 15) is 4.79 Å². The molecule has 7 rings (SSSR count). The van der Waals surface area contributed by atoms with Crippen LogP contribution in [0.1, 0.15) is 27.7 Å². The molecular weight excluding hydrogens is 532 g/mol. The van der Waals surface area contributed by atoms with Gasteiger partial charge < -0.3 is 10.3 Å². The van der Waals surface area contributed by atoms with Crippen LogP contribution in [0.25, 0.3) is 55.3 Å². The van der Waals surface area contributed by atoms with Crippen LogP contribution in [-0.4, -0.2) is 40.9 Å². The van der Waals surface area contributed by atoms with E-state index in [2.05, 4.69) is 48.7 Å². The van der Waals surface area contributed by atoms with Gasteiger partial charge in [-0.05, 0) is 48.4 Å². The van der Waals surface area contributed by atoms with Crippen molar-refractivity contribution in [2.75, 3.05) is 0 Å². The van der Waals surface area contributed by atoms with E-state index in [1.165, 1.54) is 16.9 Å². The van der Waals surface area contributed by atoms with Crippen molar-refractivity contribution in [3.05, 3.63) is 101 Å². The number of fused-ring (bicyclic) bond motifs is 2. The molecule has 0 aliphatic rings. The van der Waals surface area contributed by atoms with Gasteiger partial charge in [0.1, 0.15) is 11.0 Å². The highest BCUT2D eigenvalue weighted by Crippen LogP contribution is 2.34. The van der Waals surface area contributed by atoms with Crippen LogP contribution in [0.2, 0.25) is 0 Å². The number of ketones is 1. The number of aromatic amines is 2. The van der Waals surface area contributed by atoms with Gasteiger partial charge in [-0.3, -0.25) is 19.9 Å². The second kappa shape index (κ2) is 10.5. The van der Waals surface area contributed by atoms with Crippen LogP contribution in [0.4, 0.5) is 0 Å². The van der Waals surface area contributed by atoms with E-state index in [-0.39, 0.29) is 5.78 Å².